The summed E-state index contributed by atoms with van der Waals surface area (Å²) in [7, 11) is 1.67. The smallest absolute Gasteiger partial charge is 0.314 e. The van der Waals surface area contributed by atoms with Crippen molar-refractivity contribution in [2.75, 3.05) is 38.1 Å². The number of benzene rings is 1. The molecule has 2 aromatic heterocycles. The third-order valence-corrected chi connectivity index (χ3v) is 7.08. The van der Waals surface area contributed by atoms with E-state index in [2.05, 4.69) is 38.8 Å². The maximum absolute atomic E-state index is 13.6. The number of pyridine rings is 1. The summed E-state index contributed by atoms with van der Waals surface area (Å²) in [5, 5.41) is 6.95. The summed E-state index contributed by atoms with van der Waals surface area (Å²) in [5.74, 6) is -1.04. The number of aromatic nitrogens is 3. The van der Waals surface area contributed by atoms with E-state index in [1.807, 2.05) is 26.0 Å². The van der Waals surface area contributed by atoms with Crippen molar-refractivity contribution in [1.29, 1.82) is 0 Å². The molecule has 0 bridgehead atoms. The molecule has 3 aromatic rings. The lowest BCUT2D eigenvalue weighted by atomic mass is 9.82. The Morgan fingerprint density at radius 1 is 1.13 bits per heavy atom. The number of piperazine rings is 1. The summed E-state index contributed by atoms with van der Waals surface area (Å²) >= 11 is 0. The first-order valence-corrected chi connectivity index (χ1v) is 12.9. The van der Waals surface area contributed by atoms with Gasteiger partial charge in [0.2, 0.25) is 5.89 Å². The lowest BCUT2D eigenvalue weighted by molar-refractivity contribution is -0.111. The minimum atomic E-state index is -2.85. The number of hydrogen-bond donors (Lipinski definition) is 0. The topological polar surface area (TPSA) is 95.7 Å². The molecule has 1 aliphatic rings. The zero-order valence-corrected chi connectivity index (χ0v) is 22.9. The van der Waals surface area contributed by atoms with Crippen LogP contribution in [0.2, 0.25) is 0 Å². The number of alkyl halides is 2. The van der Waals surface area contributed by atoms with E-state index in [9.17, 15) is 18.4 Å². The van der Waals surface area contributed by atoms with E-state index >= 15 is 0 Å². The first kappa shape index (κ1) is 28.3. The number of carbonyl (C=O) groups is 2. The highest BCUT2D eigenvalue weighted by Crippen LogP contribution is 2.31. The van der Waals surface area contributed by atoms with Gasteiger partial charge < -0.3 is 19.0 Å². The van der Waals surface area contributed by atoms with Crippen molar-refractivity contribution in [3.63, 3.8) is 0 Å². The quantitative estimate of drug-likeness (QED) is 0.370. The van der Waals surface area contributed by atoms with Crippen molar-refractivity contribution >= 4 is 17.9 Å². The normalized spacial score (nSPS) is 14.7. The molecule has 0 unspecified atom stereocenters. The molecule has 208 valence electrons. The molecular weight excluding hydrogens is 506 g/mol. The number of hydrogen-bond acceptors (Lipinski definition) is 8. The third kappa shape index (κ3) is 6.30. The monoisotopic (exact) mass is 540 g/mol. The fraction of sp³-hybridized carbons (Fsp3) is 0.464. The minimum absolute atomic E-state index is 0.0553. The molecule has 3 heterocycles. The van der Waals surface area contributed by atoms with E-state index in [1.54, 1.807) is 25.2 Å². The molecule has 0 atom stereocenters. The van der Waals surface area contributed by atoms with Gasteiger partial charge in [0.05, 0.1) is 17.8 Å². The molecule has 0 N–H and O–H groups in total. The predicted molar refractivity (Wildman–Crippen MR) is 143 cm³/mol. The second-order valence-electron chi connectivity index (χ2n) is 10.6. The van der Waals surface area contributed by atoms with Crippen molar-refractivity contribution in [3.05, 3.63) is 59.2 Å². The predicted octanol–water partition coefficient (Wildman–Crippen LogP) is 4.35. The average Bonchev–Trinajstić information content (AvgIpc) is 3.44. The number of rotatable bonds is 9. The maximum Gasteiger partial charge on any atom is 0.314 e. The zero-order valence-electron chi connectivity index (χ0n) is 22.9. The van der Waals surface area contributed by atoms with Crippen LogP contribution in [0.4, 0.5) is 14.5 Å². The number of nitrogens with zero attached hydrogens (tertiary/aromatic N) is 6. The number of halogens is 2. The molecule has 1 saturated heterocycles. The second kappa shape index (κ2) is 11.6. The summed E-state index contributed by atoms with van der Waals surface area (Å²) in [6.07, 6.45) is -0.543. The van der Waals surface area contributed by atoms with Crippen LogP contribution in [0.3, 0.4) is 0 Å². The van der Waals surface area contributed by atoms with E-state index in [-0.39, 0.29) is 18.3 Å². The lowest BCUT2D eigenvalue weighted by Crippen LogP contribution is -2.49. The Morgan fingerprint density at radius 3 is 2.41 bits per heavy atom. The standard InChI is InChI=1S/C28H34F2N6O3/c1-18(2)35-10-12-36(13-11-35)21-8-9-22(23(14-21)28(3,4)17-37)27(38)34(5)16-20-7-6-19(15-31-20)25-32-33-26(39-25)24(29)30/h6-9,14-15,17-18,24H,10-13,16H2,1-5H3. The number of carbonyl (C=O) groups excluding carboxylic acids is 2. The molecule has 9 nitrogen and oxygen atoms in total. The summed E-state index contributed by atoms with van der Waals surface area (Å²) in [6.45, 7) is 11.9. The van der Waals surface area contributed by atoms with Crippen LogP contribution >= 0.6 is 0 Å². The van der Waals surface area contributed by atoms with Crippen LogP contribution < -0.4 is 4.90 Å². The Bertz CT molecular complexity index is 1300. The number of aldehydes is 1. The van der Waals surface area contributed by atoms with Gasteiger partial charge in [0.1, 0.15) is 6.29 Å². The van der Waals surface area contributed by atoms with Gasteiger partial charge in [0.15, 0.2) is 0 Å². The Balaban J connectivity index is 1.51. The van der Waals surface area contributed by atoms with Crippen molar-refractivity contribution in [3.8, 4) is 11.5 Å². The van der Waals surface area contributed by atoms with Gasteiger partial charge in [-0.1, -0.05) is 0 Å². The van der Waals surface area contributed by atoms with Crippen molar-refractivity contribution in [2.45, 2.75) is 52.1 Å². The van der Waals surface area contributed by atoms with Gasteiger partial charge >= 0.3 is 6.43 Å². The van der Waals surface area contributed by atoms with E-state index < -0.39 is 17.7 Å². The third-order valence-electron chi connectivity index (χ3n) is 7.08. The second-order valence-corrected chi connectivity index (χ2v) is 10.6. The van der Waals surface area contributed by atoms with Gasteiger partial charge in [-0.2, -0.15) is 8.78 Å². The van der Waals surface area contributed by atoms with Gasteiger partial charge in [-0.15, -0.1) is 10.2 Å². The van der Waals surface area contributed by atoms with E-state index in [0.29, 0.717) is 28.4 Å². The van der Waals surface area contributed by atoms with Crippen LogP contribution in [-0.4, -0.2) is 76.4 Å². The molecule has 0 saturated carbocycles. The van der Waals surface area contributed by atoms with Crippen LogP contribution in [0, 0.1) is 0 Å². The Labute approximate surface area is 226 Å². The number of anilines is 1. The Morgan fingerprint density at radius 2 is 1.85 bits per heavy atom. The molecule has 4 rings (SSSR count). The molecule has 1 amide bonds. The first-order chi connectivity index (χ1) is 18.5. The summed E-state index contributed by atoms with van der Waals surface area (Å²) in [5.41, 5.74) is 2.25. The van der Waals surface area contributed by atoms with Crippen LogP contribution in [0.5, 0.6) is 0 Å². The van der Waals surface area contributed by atoms with E-state index in [1.165, 1.54) is 11.1 Å². The van der Waals surface area contributed by atoms with Crippen molar-refractivity contribution in [1.82, 2.24) is 25.0 Å². The van der Waals surface area contributed by atoms with Crippen molar-refractivity contribution in [2.24, 2.45) is 0 Å². The van der Waals surface area contributed by atoms with Gasteiger partial charge in [-0.25, -0.2) is 0 Å². The molecule has 11 heteroatoms. The fourth-order valence-corrected chi connectivity index (χ4v) is 4.61. The molecule has 0 aliphatic carbocycles. The van der Waals surface area contributed by atoms with Crippen LogP contribution in [0.15, 0.2) is 40.9 Å². The highest BCUT2D eigenvalue weighted by atomic mass is 19.3. The van der Waals surface area contributed by atoms with E-state index in [4.69, 9.17) is 4.42 Å². The summed E-state index contributed by atoms with van der Waals surface area (Å²) in [6, 6.07) is 9.50. The highest BCUT2D eigenvalue weighted by Gasteiger charge is 2.29. The molecular formula is C28H34F2N6O3. The number of amides is 1. The molecule has 0 radical (unpaired) electrons. The molecule has 1 aromatic carbocycles. The summed E-state index contributed by atoms with van der Waals surface area (Å²) in [4.78, 5) is 36.2. The Hall–Kier alpha value is -3.73. The molecule has 0 spiro atoms. The first-order valence-electron chi connectivity index (χ1n) is 12.9. The van der Waals surface area contributed by atoms with Gasteiger partial charge in [0, 0.05) is 62.1 Å². The van der Waals surface area contributed by atoms with Crippen LogP contribution in [-0.2, 0) is 16.8 Å². The van der Waals surface area contributed by atoms with Gasteiger partial charge in [0.25, 0.3) is 11.8 Å². The highest BCUT2D eigenvalue weighted by molar-refractivity contribution is 5.97. The van der Waals surface area contributed by atoms with Crippen LogP contribution in [0.1, 0.15) is 61.6 Å². The van der Waals surface area contributed by atoms with Gasteiger partial charge in [-0.3, -0.25) is 14.7 Å². The summed E-state index contributed by atoms with van der Waals surface area (Å²) < 4.78 is 30.4. The van der Waals surface area contributed by atoms with Crippen LogP contribution in [0.25, 0.3) is 11.5 Å². The molecule has 1 aliphatic heterocycles. The Kier molecular flexibility index (Phi) is 8.39. The molecule has 1 fully saturated rings. The average molecular weight is 541 g/mol. The minimum Gasteiger partial charge on any atom is -0.415 e. The fourth-order valence-electron chi connectivity index (χ4n) is 4.61. The molecule has 39 heavy (non-hydrogen) atoms. The lowest BCUT2D eigenvalue weighted by Gasteiger charge is -2.38. The van der Waals surface area contributed by atoms with Crippen molar-refractivity contribution < 1.29 is 22.8 Å². The SMILES string of the molecule is CC(C)N1CCN(c2ccc(C(=O)N(C)Cc3ccc(-c4nnc(C(F)F)o4)cn3)c(C(C)(C)C=O)c2)CC1. The maximum atomic E-state index is 13.6. The van der Waals surface area contributed by atoms with Gasteiger partial charge in [-0.05, 0) is 63.6 Å². The largest absolute Gasteiger partial charge is 0.415 e. The van der Waals surface area contributed by atoms with E-state index in [0.717, 1.165) is 38.2 Å². The zero-order chi connectivity index (χ0) is 28.3.